The molecule has 0 rings (SSSR count). The Morgan fingerprint density at radius 1 is 0.529 bits per heavy atom. The fourth-order valence-corrected chi connectivity index (χ4v) is 3.39. The highest BCUT2D eigenvalue weighted by molar-refractivity contribution is 5.69. The van der Waals surface area contributed by atoms with Crippen LogP contribution in [0.4, 0.5) is 0 Å². The van der Waals surface area contributed by atoms with Crippen LogP contribution in [0.25, 0.3) is 0 Å². The fourth-order valence-electron chi connectivity index (χ4n) is 3.39. The maximum absolute atomic E-state index is 11.8. The molecular weight excluding hydrogens is 416 g/mol. The molecule has 0 aromatic rings. The Morgan fingerprint density at radius 3 is 1.35 bits per heavy atom. The summed E-state index contributed by atoms with van der Waals surface area (Å²) in [4.78, 5) is 11.8. The van der Waals surface area contributed by atoms with Gasteiger partial charge in [-0.1, -0.05) is 163 Å². The van der Waals surface area contributed by atoms with Crippen LogP contribution in [0.1, 0.15) is 104 Å². The van der Waals surface area contributed by atoms with Crippen LogP contribution < -0.4 is 0 Å². The van der Waals surface area contributed by atoms with E-state index in [0.29, 0.717) is 13.0 Å². The summed E-state index contributed by atoms with van der Waals surface area (Å²) in [6.07, 6.45) is 45.1. The molecule has 0 unspecified atom stereocenters. The van der Waals surface area contributed by atoms with Crippen molar-refractivity contribution in [1.29, 1.82) is 0 Å². The third-order valence-corrected chi connectivity index (χ3v) is 5.38. The number of carbonyl (C=O) groups is 1. The number of unbranched alkanes of at least 4 members (excludes halogenated alkanes) is 12. The highest BCUT2D eigenvalue weighted by Gasteiger charge is 2.01. The lowest BCUT2D eigenvalue weighted by Crippen LogP contribution is -2.03. The minimum absolute atomic E-state index is 0.0876. The van der Waals surface area contributed by atoms with E-state index in [-0.39, 0.29) is 5.97 Å². The van der Waals surface area contributed by atoms with Crippen LogP contribution in [-0.2, 0) is 9.53 Å². The van der Waals surface area contributed by atoms with E-state index in [4.69, 9.17) is 4.74 Å². The summed E-state index contributed by atoms with van der Waals surface area (Å²) >= 11 is 0. The van der Waals surface area contributed by atoms with Crippen LogP contribution in [0.3, 0.4) is 0 Å². The van der Waals surface area contributed by atoms with Crippen molar-refractivity contribution in [2.24, 2.45) is 0 Å². The van der Waals surface area contributed by atoms with Crippen LogP contribution in [0.2, 0.25) is 0 Å². The zero-order chi connectivity index (χ0) is 24.8. The highest BCUT2D eigenvalue weighted by Crippen LogP contribution is 2.13. The average molecular weight is 467 g/mol. The molecule has 0 aliphatic rings. The first-order valence-corrected chi connectivity index (χ1v) is 13.6. The van der Waals surface area contributed by atoms with Crippen molar-refractivity contribution in [3.05, 3.63) is 85.1 Å². The fraction of sp³-hybridized carbons (Fsp3) is 0.531. The standard InChI is InChI=1S/C32H50O2/c1-3-5-7-9-11-13-15-17-19-21-23-25-27-29-31-34-32(33)30-28-26-24-22-20-18-16-14-12-10-8-6-4-2/h3,5,7,9,11,13,15,17,19,21,23,25,27,29H,4,6,8,10,12,14,16,18,20,22,24,26,28,30-31H2,1-2H3/b5-3+,9-7+,13-11+,17-15+,21-19+,25-23+,29-27+. The van der Waals surface area contributed by atoms with E-state index in [1.165, 1.54) is 70.6 Å². The van der Waals surface area contributed by atoms with E-state index < -0.39 is 0 Å². The molecule has 0 aliphatic carbocycles. The van der Waals surface area contributed by atoms with Gasteiger partial charge in [-0.25, -0.2) is 0 Å². The molecule has 34 heavy (non-hydrogen) atoms. The molecule has 0 aromatic heterocycles. The van der Waals surface area contributed by atoms with Crippen LogP contribution >= 0.6 is 0 Å². The van der Waals surface area contributed by atoms with Crippen molar-refractivity contribution in [2.45, 2.75) is 104 Å². The summed E-state index contributed by atoms with van der Waals surface area (Å²) in [6.45, 7) is 4.61. The molecule has 2 heteroatoms. The molecule has 0 aromatic carbocycles. The molecule has 0 aliphatic heterocycles. The van der Waals surface area contributed by atoms with Crippen LogP contribution in [0, 0.1) is 0 Å². The van der Waals surface area contributed by atoms with Gasteiger partial charge in [-0.05, 0) is 19.4 Å². The third-order valence-electron chi connectivity index (χ3n) is 5.38. The molecule has 0 atom stereocenters. The molecule has 0 saturated heterocycles. The number of hydrogen-bond acceptors (Lipinski definition) is 2. The van der Waals surface area contributed by atoms with Gasteiger partial charge in [0.05, 0.1) is 0 Å². The van der Waals surface area contributed by atoms with E-state index in [9.17, 15) is 4.79 Å². The van der Waals surface area contributed by atoms with E-state index in [1.54, 1.807) is 0 Å². The third kappa shape index (κ3) is 27.7. The van der Waals surface area contributed by atoms with Gasteiger partial charge in [0.25, 0.3) is 0 Å². The normalized spacial score (nSPS) is 12.9. The second kappa shape index (κ2) is 28.7. The highest BCUT2D eigenvalue weighted by atomic mass is 16.5. The Labute approximate surface area is 211 Å². The van der Waals surface area contributed by atoms with Gasteiger partial charge in [0.15, 0.2) is 0 Å². The topological polar surface area (TPSA) is 26.3 Å². The van der Waals surface area contributed by atoms with E-state index in [1.807, 2.05) is 92.0 Å². The monoisotopic (exact) mass is 466 g/mol. The predicted octanol–water partition coefficient (Wildman–Crippen LogP) is 9.92. The number of allylic oxidation sites excluding steroid dienone is 13. The van der Waals surface area contributed by atoms with E-state index in [2.05, 4.69) is 6.92 Å². The average Bonchev–Trinajstić information content (AvgIpc) is 2.84. The summed E-state index contributed by atoms with van der Waals surface area (Å²) in [5.41, 5.74) is 0. The minimum atomic E-state index is -0.0876. The SMILES string of the molecule is C/C=C/C=C/C=C/C=C/C=C/C=C/C=C/COC(=O)CCCCCCCCCCCCCCC. The molecule has 2 nitrogen and oxygen atoms in total. The Hall–Kier alpha value is -2.35. The quantitative estimate of drug-likeness (QED) is 0.0901. The molecule has 190 valence electrons. The number of rotatable bonds is 22. The van der Waals surface area contributed by atoms with E-state index in [0.717, 1.165) is 12.8 Å². The molecule has 0 saturated carbocycles. The lowest BCUT2D eigenvalue weighted by molar-refractivity contribution is -0.142. The molecule has 0 fully saturated rings. The van der Waals surface area contributed by atoms with E-state index >= 15 is 0 Å². The van der Waals surface area contributed by atoms with Gasteiger partial charge < -0.3 is 4.74 Å². The van der Waals surface area contributed by atoms with Gasteiger partial charge in [-0.2, -0.15) is 0 Å². The van der Waals surface area contributed by atoms with Crippen LogP contribution in [0.15, 0.2) is 85.1 Å². The summed E-state index contributed by atoms with van der Waals surface area (Å²) in [5.74, 6) is -0.0876. The summed E-state index contributed by atoms with van der Waals surface area (Å²) in [6, 6.07) is 0. The Bertz CT molecular complexity index is 644. The molecule has 0 heterocycles. The molecule has 0 amide bonds. The Morgan fingerprint density at radius 2 is 0.912 bits per heavy atom. The molecule has 0 bridgehead atoms. The molecule has 0 N–H and O–H groups in total. The second-order valence-corrected chi connectivity index (χ2v) is 8.55. The molecule has 0 spiro atoms. The maximum atomic E-state index is 11.8. The largest absolute Gasteiger partial charge is 0.461 e. The second-order valence-electron chi connectivity index (χ2n) is 8.55. The number of ether oxygens (including phenoxy) is 1. The zero-order valence-corrected chi connectivity index (χ0v) is 22.0. The van der Waals surface area contributed by atoms with Crippen molar-refractivity contribution in [3.63, 3.8) is 0 Å². The Kier molecular flexibility index (Phi) is 26.7. The van der Waals surface area contributed by atoms with Crippen molar-refractivity contribution in [2.75, 3.05) is 6.61 Å². The molecule has 0 radical (unpaired) electrons. The smallest absolute Gasteiger partial charge is 0.306 e. The minimum Gasteiger partial charge on any atom is -0.461 e. The maximum Gasteiger partial charge on any atom is 0.306 e. The van der Waals surface area contributed by atoms with Gasteiger partial charge in [0.2, 0.25) is 0 Å². The first kappa shape index (κ1) is 31.6. The number of carbonyl (C=O) groups excluding carboxylic acids is 1. The lowest BCUT2D eigenvalue weighted by Gasteiger charge is -2.03. The van der Waals surface area contributed by atoms with Crippen LogP contribution in [-0.4, -0.2) is 12.6 Å². The summed E-state index contributed by atoms with van der Waals surface area (Å²) in [7, 11) is 0. The predicted molar refractivity (Wildman–Crippen MR) is 151 cm³/mol. The van der Waals surface area contributed by atoms with Gasteiger partial charge in [0, 0.05) is 6.42 Å². The van der Waals surface area contributed by atoms with Gasteiger partial charge in [0.1, 0.15) is 6.61 Å². The Balaban J connectivity index is 3.51. The lowest BCUT2D eigenvalue weighted by atomic mass is 10.0. The van der Waals surface area contributed by atoms with Gasteiger partial charge in [-0.15, -0.1) is 0 Å². The van der Waals surface area contributed by atoms with Gasteiger partial charge in [-0.3, -0.25) is 4.79 Å². The van der Waals surface area contributed by atoms with Crippen LogP contribution in [0.5, 0.6) is 0 Å². The molecular formula is C32H50O2. The first-order chi connectivity index (χ1) is 16.8. The van der Waals surface area contributed by atoms with Crippen molar-refractivity contribution in [1.82, 2.24) is 0 Å². The summed E-state index contributed by atoms with van der Waals surface area (Å²) in [5, 5.41) is 0. The number of esters is 1. The first-order valence-electron chi connectivity index (χ1n) is 13.6. The van der Waals surface area contributed by atoms with Crippen molar-refractivity contribution >= 4 is 5.97 Å². The van der Waals surface area contributed by atoms with Crippen molar-refractivity contribution in [3.8, 4) is 0 Å². The number of hydrogen-bond donors (Lipinski definition) is 0. The van der Waals surface area contributed by atoms with Gasteiger partial charge >= 0.3 is 5.97 Å². The zero-order valence-electron chi connectivity index (χ0n) is 22.0. The van der Waals surface area contributed by atoms with Crippen molar-refractivity contribution < 1.29 is 9.53 Å². The summed E-state index contributed by atoms with van der Waals surface area (Å²) < 4.78 is 5.25.